The summed E-state index contributed by atoms with van der Waals surface area (Å²) in [5, 5.41) is 0. The Labute approximate surface area is 188 Å². The van der Waals surface area contributed by atoms with Gasteiger partial charge in [0.15, 0.2) is 0 Å². The topological polar surface area (TPSA) is 71.1 Å². The third kappa shape index (κ3) is 5.06. The number of hydrogen-bond donors (Lipinski definition) is 0. The van der Waals surface area contributed by atoms with Gasteiger partial charge < -0.3 is 18.9 Å². The quantitative estimate of drug-likeness (QED) is 0.446. The van der Waals surface area contributed by atoms with E-state index in [9.17, 15) is 8.42 Å². The van der Waals surface area contributed by atoms with E-state index in [1.807, 2.05) is 6.92 Å². The van der Waals surface area contributed by atoms with Gasteiger partial charge in [0.2, 0.25) is 9.84 Å². The van der Waals surface area contributed by atoms with Gasteiger partial charge in [-0.3, -0.25) is 0 Å². The lowest BCUT2D eigenvalue weighted by Gasteiger charge is -2.14. The number of ether oxygens (including phenoxy) is 4. The highest BCUT2D eigenvalue weighted by Gasteiger charge is 2.24. The molecule has 168 valence electrons. The number of benzene rings is 3. The van der Waals surface area contributed by atoms with E-state index in [4.69, 9.17) is 18.9 Å². The van der Waals surface area contributed by atoms with E-state index in [2.05, 4.69) is 0 Å². The summed E-state index contributed by atoms with van der Waals surface area (Å²) in [6, 6.07) is 17.0. The van der Waals surface area contributed by atoms with Crippen molar-refractivity contribution in [3.8, 4) is 23.0 Å². The molecule has 6 nitrogen and oxygen atoms in total. The SMILES string of the molecule is COc1cc(/C=C(\c2cc(OC)cc(OC)c2)S(=O)(=O)c2ccc(C)cc2)cc(OC)c1. The summed E-state index contributed by atoms with van der Waals surface area (Å²) in [4.78, 5) is 0.278. The van der Waals surface area contributed by atoms with Crippen LogP contribution in [0.25, 0.3) is 11.0 Å². The van der Waals surface area contributed by atoms with Crippen LogP contribution in [0.4, 0.5) is 0 Å². The van der Waals surface area contributed by atoms with E-state index in [-0.39, 0.29) is 9.80 Å². The molecule has 0 amide bonds. The monoisotopic (exact) mass is 454 g/mol. The van der Waals surface area contributed by atoms with Crippen LogP contribution in [-0.2, 0) is 9.84 Å². The molecule has 0 spiro atoms. The fourth-order valence-electron chi connectivity index (χ4n) is 3.17. The van der Waals surface area contributed by atoms with Crippen molar-refractivity contribution in [3.63, 3.8) is 0 Å². The van der Waals surface area contributed by atoms with E-state index in [1.165, 1.54) is 14.2 Å². The van der Waals surface area contributed by atoms with Crippen LogP contribution >= 0.6 is 0 Å². The van der Waals surface area contributed by atoms with Crippen LogP contribution in [0.15, 0.2) is 65.6 Å². The standard InChI is InChI=1S/C25H26O6S/c1-17-6-8-24(9-7-17)32(26,27)25(19-13-22(30-4)16-23(14-19)31-5)12-18-10-20(28-2)15-21(11-18)29-3/h6-16H,1-5H3/b25-12+. The Morgan fingerprint density at radius 1 is 0.688 bits per heavy atom. The molecule has 0 aliphatic rings. The van der Waals surface area contributed by atoms with Crippen LogP contribution < -0.4 is 18.9 Å². The molecular formula is C25H26O6S. The molecule has 0 unspecified atom stereocenters. The lowest BCUT2D eigenvalue weighted by atomic mass is 10.1. The molecule has 0 aromatic heterocycles. The molecule has 0 atom stereocenters. The van der Waals surface area contributed by atoms with Gasteiger partial charge in [-0.05, 0) is 55.0 Å². The second-order valence-corrected chi connectivity index (χ2v) is 8.99. The Hall–Kier alpha value is -3.45. The van der Waals surface area contributed by atoms with Crippen molar-refractivity contribution in [2.24, 2.45) is 0 Å². The zero-order chi connectivity index (χ0) is 23.3. The smallest absolute Gasteiger partial charge is 0.207 e. The van der Waals surface area contributed by atoms with Crippen LogP contribution in [0, 0.1) is 6.92 Å². The van der Waals surface area contributed by atoms with Gasteiger partial charge in [-0.1, -0.05) is 17.7 Å². The minimum atomic E-state index is -3.89. The molecule has 32 heavy (non-hydrogen) atoms. The highest BCUT2D eigenvalue weighted by atomic mass is 32.2. The average molecular weight is 455 g/mol. The average Bonchev–Trinajstić information content (AvgIpc) is 2.81. The van der Waals surface area contributed by atoms with Crippen molar-refractivity contribution in [3.05, 3.63) is 77.4 Å². The fraction of sp³-hybridized carbons (Fsp3) is 0.200. The molecule has 3 rings (SSSR count). The summed E-state index contributed by atoms with van der Waals surface area (Å²) in [5.41, 5.74) is 2.01. The maximum absolute atomic E-state index is 13.7. The first kappa shape index (κ1) is 23.2. The molecule has 0 bridgehead atoms. The molecule has 0 fully saturated rings. The number of sulfone groups is 1. The Balaban J connectivity index is 2.30. The van der Waals surface area contributed by atoms with E-state index in [1.54, 1.807) is 81.0 Å². The lowest BCUT2D eigenvalue weighted by Crippen LogP contribution is -2.05. The summed E-state index contributed by atoms with van der Waals surface area (Å²) in [5.74, 6) is 2.05. The molecule has 0 aliphatic carbocycles. The molecule has 0 N–H and O–H groups in total. The van der Waals surface area contributed by atoms with Crippen molar-refractivity contribution in [2.75, 3.05) is 28.4 Å². The van der Waals surface area contributed by atoms with E-state index >= 15 is 0 Å². The highest BCUT2D eigenvalue weighted by molar-refractivity contribution is 8.00. The predicted molar refractivity (Wildman–Crippen MR) is 125 cm³/mol. The molecular weight excluding hydrogens is 428 g/mol. The Morgan fingerprint density at radius 3 is 1.56 bits per heavy atom. The first-order valence-electron chi connectivity index (χ1n) is 9.80. The Bertz CT molecular complexity index is 1180. The molecule has 0 saturated carbocycles. The Morgan fingerprint density at radius 2 is 1.12 bits per heavy atom. The first-order valence-corrected chi connectivity index (χ1v) is 11.3. The van der Waals surface area contributed by atoms with Gasteiger partial charge >= 0.3 is 0 Å². The van der Waals surface area contributed by atoms with E-state index < -0.39 is 9.84 Å². The number of rotatable bonds is 8. The molecule has 0 radical (unpaired) electrons. The van der Waals surface area contributed by atoms with Crippen LogP contribution in [0.2, 0.25) is 0 Å². The molecule has 3 aromatic rings. The Kier molecular flexibility index (Phi) is 7.10. The van der Waals surface area contributed by atoms with Gasteiger partial charge in [0.25, 0.3) is 0 Å². The second-order valence-electron chi connectivity index (χ2n) is 7.07. The second kappa shape index (κ2) is 9.78. The van der Waals surface area contributed by atoms with Gasteiger partial charge in [-0.25, -0.2) is 8.42 Å². The van der Waals surface area contributed by atoms with Crippen LogP contribution in [-0.4, -0.2) is 36.9 Å². The van der Waals surface area contributed by atoms with Crippen molar-refractivity contribution in [1.29, 1.82) is 0 Å². The normalized spacial score (nSPS) is 11.7. The van der Waals surface area contributed by atoms with Crippen LogP contribution in [0.5, 0.6) is 23.0 Å². The summed E-state index contributed by atoms with van der Waals surface area (Å²) in [6.07, 6.45) is 1.59. The predicted octanol–water partition coefficient (Wildman–Crippen LogP) is 5.00. The molecule has 0 heterocycles. The zero-order valence-electron chi connectivity index (χ0n) is 18.7. The summed E-state index contributed by atoms with van der Waals surface area (Å²) in [7, 11) is 2.23. The van der Waals surface area contributed by atoms with Crippen LogP contribution in [0.1, 0.15) is 16.7 Å². The first-order chi connectivity index (χ1) is 15.3. The lowest BCUT2D eigenvalue weighted by molar-refractivity contribution is 0.394. The highest BCUT2D eigenvalue weighted by Crippen LogP contribution is 2.36. The van der Waals surface area contributed by atoms with Crippen molar-refractivity contribution < 1.29 is 27.4 Å². The maximum Gasteiger partial charge on any atom is 0.207 e. The zero-order valence-corrected chi connectivity index (χ0v) is 19.5. The van der Waals surface area contributed by atoms with E-state index in [0.717, 1.165) is 5.56 Å². The molecule has 7 heteroatoms. The maximum atomic E-state index is 13.7. The van der Waals surface area contributed by atoms with E-state index in [0.29, 0.717) is 34.1 Å². The number of hydrogen-bond acceptors (Lipinski definition) is 6. The van der Waals surface area contributed by atoms with Gasteiger partial charge in [0.05, 0.1) is 38.2 Å². The van der Waals surface area contributed by atoms with Crippen molar-refractivity contribution in [1.82, 2.24) is 0 Å². The van der Waals surface area contributed by atoms with Gasteiger partial charge in [-0.2, -0.15) is 0 Å². The molecule has 0 saturated heterocycles. The fourth-order valence-corrected chi connectivity index (χ4v) is 4.64. The summed E-state index contributed by atoms with van der Waals surface area (Å²) in [6.45, 7) is 1.91. The number of methoxy groups -OCH3 is 4. The third-order valence-corrected chi connectivity index (χ3v) is 6.75. The van der Waals surface area contributed by atoms with Gasteiger partial charge in [-0.15, -0.1) is 0 Å². The summed E-state index contributed by atoms with van der Waals surface area (Å²) >= 11 is 0. The molecule has 0 aliphatic heterocycles. The van der Waals surface area contributed by atoms with Crippen molar-refractivity contribution in [2.45, 2.75) is 11.8 Å². The summed E-state index contributed by atoms with van der Waals surface area (Å²) < 4.78 is 48.9. The minimum Gasteiger partial charge on any atom is -0.497 e. The third-order valence-electron chi connectivity index (χ3n) is 4.93. The largest absolute Gasteiger partial charge is 0.497 e. The molecule has 3 aromatic carbocycles. The van der Waals surface area contributed by atoms with Gasteiger partial charge in [0.1, 0.15) is 23.0 Å². The van der Waals surface area contributed by atoms with Crippen molar-refractivity contribution >= 4 is 20.8 Å². The van der Waals surface area contributed by atoms with Gasteiger partial charge in [0, 0.05) is 17.7 Å². The number of aryl methyl sites for hydroxylation is 1. The minimum absolute atomic E-state index is 0.0915. The van der Waals surface area contributed by atoms with Crippen LogP contribution in [0.3, 0.4) is 0 Å².